The van der Waals surface area contributed by atoms with E-state index in [1.165, 1.54) is 11.3 Å². The SMILES string of the molecule is CC(O)C(C)(C)NS(=O)(=O)c1c(Cl)nc2ccccn12. The van der Waals surface area contributed by atoms with Crippen LogP contribution in [0.15, 0.2) is 29.4 Å². The molecule has 0 fully saturated rings. The number of imidazole rings is 1. The van der Waals surface area contributed by atoms with Gasteiger partial charge in [0.15, 0.2) is 10.2 Å². The Morgan fingerprint density at radius 2 is 2.10 bits per heavy atom. The summed E-state index contributed by atoms with van der Waals surface area (Å²) in [5.74, 6) is 0. The molecule has 0 radical (unpaired) electrons. The monoisotopic (exact) mass is 317 g/mol. The van der Waals surface area contributed by atoms with Crippen molar-refractivity contribution in [2.24, 2.45) is 0 Å². The van der Waals surface area contributed by atoms with Gasteiger partial charge in [-0.1, -0.05) is 17.7 Å². The minimum absolute atomic E-state index is 0.106. The predicted octanol–water partition coefficient (Wildman–Crippen LogP) is 1.43. The van der Waals surface area contributed by atoms with Crippen LogP contribution in [0.3, 0.4) is 0 Å². The molecular formula is C12H16ClN3O3S. The van der Waals surface area contributed by atoms with Gasteiger partial charge in [-0.2, -0.15) is 0 Å². The lowest BCUT2D eigenvalue weighted by Crippen LogP contribution is -2.51. The third kappa shape index (κ3) is 2.67. The minimum atomic E-state index is -3.92. The molecule has 0 aliphatic carbocycles. The zero-order valence-corrected chi connectivity index (χ0v) is 12.9. The predicted molar refractivity (Wildman–Crippen MR) is 76.3 cm³/mol. The molecule has 110 valence electrons. The number of aliphatic hydroxyl groups is 1. The van der Waals surface area contributed by atoms with E-state index in [0.717, 1.165) is 0 Å². The van der Waals surface area contributed by atoms with Gasteiger partial charge in [0.1, 0.15) is 5.65 Å². The van der Waals surface area contributed by atoms with E-state index in [9.17, 15) is 13.5 Å². The third-order valence-electron chi connectivity index (χ3n) is 3.14. The molecule has 2 N–H and O–H groups in total. The van der Waals surface area contributed by atoms with Crippen molar-refractivity contribution in [3.8, 4) is 0 Å². The maximum Gasteiger partial charge on any atom is 0.260 e. The molecule has 1 unspecified atom stereocenters. The van der Waals surface area contributed by atoms with E-state index in [1.54, 1.807) is 38.2 Å². The van der Waals surface area contributed by atoms with E-state index in [1.807, 2.05) is 0 Å². The van der Waals surface area contributed by atoms with Crippen LogP contribution >= 0.6 is 11.6 Å². The average Bonchev–Trinajstić information content (AvgIpc) is 2.63. The molecule has 6 nitrogen and oxygen atoms in total. The summed E-state index contributed by atoms with van der Waals surface area (Å²) in [4.78, 5) is 4.00. The fourth-order valence-electron chi connectivity index (χ4n) is 1.66. The van der Waals surface area contributed by atoms with E-state index in [2.05, 4.69) is 9.71 Å². The lowest BCUT2D eigenvalue weighted by molar-refractivity contribution is 0.111. The topological polar surface area (TPSA) is 83.7 Å². The van der Waals surface area contributed by atoms with Crippen molar-refractivity contribution in [1.82, 2.24) is 14.1 Å². The molecule has 0 spiro atoms. The van der Waals surface area contributed by atoms with Gasteiger partial charge in [-0.15, -0.1) is 0 Å². The summed E-state index contributed by atoms with van der Waals surface area (Å²) in [6, 6.07) is 5.08. The fourth-order valence-corrected chi connectivity index (χ4v) is 3.79. The Balaban J connectivity index is 2.56. The highest BCUT2D eigenvalue weighted by molar-refractivity contribution is 7.89. The number of rotatable bonds is 4. The van der Waals surface area contributed by atoms with Crippen LogP contribution in [0.25, 0.3) is 5.65 Å². The number of sulfonamides is 1. The Morgan fingerprint density at radius 1 is 1.45 bits per heavy atom. The molecule has 2 aromatic rings. The van der Waals surface area contributed by atoms with Gasteiger partial charge >= 0.3 is 0 Å². The van der Waals surface area contributed by atoms with Crippen LogP contribution in [0, 0.1) is 0 Å². The average molecular weight is 318 g/mol. The summed E-state index contributed by atoms with van der Waals surface area (Å²) in [6.45, 7) is 4.69. The van der Waals surface area contributed by atoms with Crippen LogP contribution in [0.4, 0.5) is 0 Å². The molecule has 0 saturated carbocycles. The van der Waals surface area contributed by atoms with E-state index in [-0.39, 0.29) is 10.2 Å². The molecular weight excluding hydrogens is 302 g/mol. The summed E-state index contributed by atoms with van der Waals surface area (Å²) in [5.41, 5.74) is -0.589. The Morgan fingerprint density at radius 3 is 2.70 bits per heavy atom. The highest BCUT2D eigenvalue weighted by Crippen LogP contribution is 2.24. The molecule has 1 atom stereocenters. The van der Waals surface area contributed by atoms with Crippen molar-refractivity contribution in [2.75, 3.05) is 0 Å². The maximum atomic E-state index is 12.5. The van der Waals surface area contributed by atoms with Crippen LogP contribution < -0.4 is 4.72 Å². The molecule has 2 aromatic heterocycles. The van der Waals surface area contributed by atoms with Crippen molar-refractivity contribution in [3.63, 3.8) is 0 Å². The molecule has 0 aliphatic heterocycles. The number of fused-ring (bicyclic) bond motifs is 1. The van der Waals surface area contributed by atoms with E-state index in [4.69, 9.17) is 11.6 Å². The first-order chi connectivity index (χ1) is 9.15. The minimum Gasteiger partial charge on any atom is -0.391 e. The number of halogens is 1. The van der Waals surface area contributed by atoms with Crippen LogP contribution in [0.1, 0.15) is 20.8 Å². The second-order valence-electron chi connectivity index (χ2n) is 5.14. The third-order valence-corrected chi connectivity index (χ3v) is 5.21. The zero-order chi connectivity index (χ0) is 15.1. The number of nitrogens with zero attached hydrogens (tertiary/aromatic N) is 2. The van der Waals surface area contributed by atoms with Gasteiger partial charge in [-0.25, -0.2) is 18.1 Å². The fraction of sp³-hybridized carbons (Fsp3) is 0.417. The summed E-state index contributed by atoms with van der Waals surface area (Å²) >= 11 is 5.95. The van der Waals surface area contributed by atoms with Crippen LogP contribution in [0.5, 0.6) is 0 Å². The van der Waals surface area contributed by atoms with Crippen molar-refractivity contribution in [1.29, 1.82) is 0 Å². The van der Waals surface area contributed by atoms with E-state index >= 15 is 0 Å². The lowest BCUT2D eigenvalue weighted by atomic mass is 10.0. The van der Waals surface area contributed by atoms with Gasteiger partial charge in [0.2, 0.25) is 0 Å². The smallest absolute Gasteiger partial charge is 0.260 e. The van der Waals surface area contributed by atoms with Crippen molar-refractivity contribution in [3.05, 3.63) is 29.5 Å². The molecule has 2 rings (SSSR count). The molecule has 0 amide bonds. The number of pyridine rings is 1. The number of hydrogen-bond acceptors (Lipinski definition) is 4. The number of aromatic nitrogens is 2. The summed E-state index contributed by atoms with van der Waals surface area (Å²) in [7, 11) is -3.92. The lowest BCUT2D eigenvalue weighted by Gasteiger charge is -2.28. The summed E-state index contributed by atoms with van der Waals surface area (Å²) in [6.07, 6.45) is 0.702. The highest BCUT2D eigenvalue weighted by Gasteiger charge is 2.33. The first-order valence-electron chi connectivity index (χ1n) is 6.00. The van der Waals surface area contributed by atoms with Crippen molar-refractivity contribution >= 4 is 27.3 Å². The Hall–Kier alpha value is -1.15. The molecule has 2 heterocycles. The number of hydrogen-bond donors (Lipinski definition) is 2. The summed E-state index contributed by atoms with van der Waals surface area (Å²) in [5, 5.41) is 9.40. The first-order valence-corrected chi connectivity index (χ1v) is 7.86. The Bertz CT molecular complexity index is 737. The standard InChI is InChI=1S/C12H16ClN3O3S/c1-8(17)12(2,3)15-20(18,19)11-10(13)14-9-6-4-5-7-16(9)11/h4-8,15,17H,1-3H3. The van der Waals surface area contributed by atoms with Crippen molar-refractivity contribution < 1.29 is 13.5 Å². The molecule has 20 heavy (non-hydrogen) atoms. The number of nitrogens with one attached hydrogen (secondary N) is 1. The molecule has 0 aromatic carbocycles. The molecule has 0 saturated heterocycles. The van der Waals surface area contributed by atoms with Gasteiger partial charge in [-0.3, -0.25) is 4.40 Å². The zero-order valence-electron chi connectivity index (χ0n) is 11.3. The van der Waals surface area contributed by atoms with Gasteiger partial charge in [0.05, 0.1) is 11.6 Å². The number of aliphatic hydroxyl groups excluding tert-OH is 1. The van der Waals surface area contributed by atoms with Crippen LogP contribution in [0.2, 0.25) is 5.15 Å². The normalized spacial score (nSPS) is 14.7. The molecule has 0 aliphatic rings. The van der Waals surface area contributed by atoms with Gasteiger partial charge in [0, 0.05) is 6.20 Å². The first kappa shape index (κ1) is 15.2. The quantitative estimate of drug-likeness (QED) is 0.893. The maximum absolute atomic E-state index is 12.5. The largest absolute Gasteiger partial charge is 0.391 e. The van der Waals surface area contributed by atoms with Gasteiger partial charge in [0.25, 0.3) is 10.0 Å². The van der Waals surface area contributed by atoms with Crippen molar-refractivity contribution in [2.45, 2.75) is 37.4 Å². The molecule has 8 heteroatoms. The summed E-state index contributed by atoms with van der Waals surface area (Å²) < 4.78 is 28.8. The highest BCUT2D eigenvalue weighted by atomic mass is 35.5. The van der Waals surface area contributed by atoms with Gasteiger partial charge < -0.3 is 5.11 Å². The Kier molecular flexibility index (Phi) is 3.81. The molecule has 0 bridgehead atoms. The van der Waals surface area contributed by atoms with E-state index < -0.39 is 21.7 Å². The van der Waals surface area contributed by atoms with Crippen LogP contribution in [-0.4, -0.2) is 34.6 Å². The second kappa shape index (κ2) is 5.00. The van der Waals surface area contributed by atoms with E-state index in [0.29, 0.717) is 5.65 Å². The van der Waals surface area contributed by atoms with Gasteiger partial charge in [-0.05, 0) is 32.9 Å². The second-order valence-corrected chi connectivity index (χ2v) is 7.10. The Labute approximate surface area is 122 Å². The van der Waals surface area contributed by atoms with Crippen LogP contribution in [-0.2, 0) is 10.0 Å².